The largest absolute Gasteiger partial charge is 0.339 e. The molecule has 1 atom stereocenters. The van der Waals surface area contributed by atoms with Crippen LogP contribution in [0.25, 0.3) is 0 Å². The second-order valence-corrected chi connectivity index (χ2v) is 9.11. The maximum Gasteiger partial charge on any atom is 0.253 e. The molecular weight excluding hydrogens is 402 g/mol. The molecule has 2 aliphatic rings. The van der Waals surface area contributed by atoms with E-state index in [0.717, 1.165) is 5.56 Å². The fourth-order valence-electron chi connectivity index (χ4n) is 4.87. The molecule has 32 heavy (non-hydrogen) atoms. The van der Waals surface area contributed by atoms with E-state index in [-0.39, 0.29) is 23.8 Å². The average molecular weight is 434 g/mol. The Bertz CT molecular complexity index is 968. The Balaban J connectivity index is 1.43. The number of benzene rings is 2. The molecule has 0 radical (unpaired) electrons. The van der Waals surface area contributed by atoms with Crippen LogP contribution in [0, 0.1) is 5.41 Å². The van der Waals surface area contributed by atoms with Crippen molar-refractivity contribution in [3.8, 4) is 0 Å². The summed E-state index contributed by atoms with van der Waals surface area (Å²) in [6.45, 7) is 6.35. The van der Waals surface area contributed by atoms with Crippen LogP contribution in [0.3, 0.4) is 0 Å². The lowest BCUT2D eigenvalue weighted by Crippen LogP contribution is -2.56. The van der Waals surface area contributed by atoms with Gasteiger partial charge >= 0.3 is 0 Å². The first-order valence-electron chi connectivity index (χ1n) is 11.3. The standard InChI is InChI=1S/C26H31N3O3/c1-20(30)29-18-17-28(19-23(29)21-9-5-3-6-10-21)25(32)26(2)13-15-27(16-14-26)24(31)22-11-7-4-8-12-22/h3-12,23H,13-19H2,1-2H3. The topological polar surface area (TPSA) is 60.9 Å². The van der Waals surface area contributed by atoms with Crippen LogP contribution in [0.1, 0.15) is 48.7 Å². The van der Waals surface area contributed by atoms with Gasteiger partial charge in [-0.2, -0.15) is 0 Å². The molecule has 2 aromatic carbocycles. The van der Waals surface area contributed by atoms with Crippen molar-refractivity contribution in [3.63, 3.8) is 0 Å². The Hall–Kier alpha value is -3.15. The van der Waals surface area contributed by atoms with Crippen molar-refractivity contribution < 1.29 is 14.4 Å². The van der Waals surface area contributed by atoms with E-state index < -0.39 is 5.41 Å². The fourth-order valence-corrected chi connectivity index (χ4v) is 4.87. The number of piperidine rings is 1. The molecular formula is C26H31N3O3. The SMILES string of the molecule is CC(=O)N1CCN(C(=O)C2(C)CCN(C(=O)c3ccccc3)CC2)CC1c1ccccc1. The third-order valence-corrected chi connectivity index (χ3v) is 6.95. The molecule has 2 fully saturated rings. The molecule has 0 N–H and O–H groups in total. The summed E-state index contributed by atoms with van der Waals surface area (Å²) in [6.07, 6.45) is 1.29. The minimum absolute atomic E-state index is 0.0271. The molecule has 168 valence electrons. The Morgan fingerprint density at radius 1 is 0.812 bits per heavy atom. The van der Waals surface area contributed by atoms with E-state index in [1.807, 2.05) is 82.3 Å². The summed E-state index contributed by atoms with van der Waals surface area (Å²) in [5.74, 6) is 0.192. The lowest BCUT2D eigenvalue weighted by atomic mass is 9.78. The van der Waals surface area contributed by atoms with Gasteiger partial charge in [-0.05, 0) is 30.5 Å². The van der Waals surface area contributed by atoms with E-state index in [1.54, 1.807) is 6.92 Å². The van der Waals surface area contributed by atoms with Crippen molar-refractivity contribution in [2.24, 2.45) is 5.41 Å². The van der Waals surface area contributed by atoms with Crippen LogP contribution in [0.2, 0.25) is 0 Å². The van der Waals surface area contributed by atoms with Gasteiger partial charge in [-0.3, -0.25) is 14.4 Å². The molecule has 0 bridgehead atoms. The van der Waals surface area contributed by atoms with Gasteiger partial charge in [0.2, 0.25) is 11.8 Å². The Labute approximate surface area is 189 Å². The van der Waals surface area contributed by atoms with Crippen molar-refractivity contribution in [1.29, 1.82) is 0 Å². The fraction of sp³-hybridized carbons (Fsp3) is 0.423. The zero-order valence-corrected chi connectivity index (χ0v) is 18.9. The highest BCUT2D eigenvalue weighted by Crippen LogP contribution is 2.36. The van der Waals surface area contributed by atoms with Gasteiger partial charge in [0.1, 0.15) is 0 Å². The number of carbonyl (C=O) groups is 3. The third kappa shape index (κ3) is 4.40. The molecule has 0 spiro atoms. The maximum absolute atomic E-state index is 13.6. The summed E-state index contributed by atoms with van der Waals surface area (Å²) in [6, 6.07) is 19.1. The number of nitrogens with zero attached hydrogens (tertiary/aromatic N) is 3. The highest BCUT2D eigenvalue weighted by atomic mass is 16.2. The number of carbonyl (C=O) groups excluding carboxylic acids is 3. The third-order valence-electron chi connectivity index (χ3n) is 6.95. The molecule has 1 unspecified atom stereocenters. The van der Waals surface area contributed by atoms with Crippen LogP contribution in [-0.4, -0.2) is 65.1 Å². The van der Waals surface area contributed by atoms with Gasteiger partial charge in [0, 0.05) is 50.6 Å². The summed E-state index contributed by atoms with van der Waals surface area (Å²) in [5, 5.41) is 0. The molecule has 6 heteroatoms. The number of amides is 3. The lowest BCUT2D eigenvalue weighted by molar-refractivity contribution is -0.150. The quantitative estimate of drug-likeness (QED) is 0.746. The zero-order chi connectivity index (χ0) is 22.7. The number of hydrogen-bond acceptors (Lipinski definition) is 3. The maximum atomic E-state index is 13.6. The molecule has 2 saturated heterocycles. The van der Waals surface area contributed by atoms with Crippen molar-refractivity contribution in [3.05, 3.63) is 71.8 Å². The summed E-state index contributed by atoms with van der Waals surface area (Å²) < 4.78 is 0. The van der Waals surface area contributed by atoms with Crippen LogP contribution < -0.4 is 0 Å². The molecule has 2 aliphatic heterocycles. The van der Waals surface area contributed by atoms with Crippen LogP contribution in [0.15, 0.2) is 60.7 Å². The average Bonchev–Trinajstić information content (AvgIpc) is 2.84. The van der Waals surface area contributed by atoms with Gasteiger partial charge in [0.05, 0.1) is 6.04 Å². The zero-order valence-electron chi connectivity index (χ0n) is 18.9. The summed E-state index contributed by atoms with van der Waals surface area (Å²) in [5.41, 5.74) is 1.25. The molecule has 2 heterocycles. The summed E-state index contributed by atoms with van der Waals surface area (Å²) in [7, 11) is 0. The van der Waals surface area contributed by atoms with Crippen molar-refractivity contribution >= 4 is 17.7 Å². The molecule has 0 aromatic heterocycles. The van der Waals surface area contributed by atoms with Crippen molar-refractivity contribution in [2.75, 3.05) is 32.7 Å². The van der Waals surface area contributed by atoms with E-state index >= 15 is 0 Å². The van der Waals surface area contributed by atoms with E-state index in [4.69, 9.17) is 0 Å². The molecule has 3 amide bonds. The summed E-state index contributed by atoms with van der Waals surface area (Å²) in [4.78, 5) is 44.2. The van der Waals surface area contributed by atoms with E-state index in [0.29, 0.717) is 51.1 Å². The lowest BCUT2D eigenvalue weighted by Gasteiger charge is -2.46. The van der Waals surface area contributed by atoms with Gasteiger partial charge in [-0.25, -0.2) is 0 Å². The van der Waals surface area contributed by atoms with Gasteiger partial charge in [0.15, 0.2) is 0 Å². The highest BCUT2D eigenvalue weighted by molar-refractivity contribution is 5.94. The normalized spacial score (nSPS) is 20.7. The smallest absolute Gasteiger partial charge is 0.253 e. The van der Waals surface area contributed by atoms with Gasteiger partial charge in [-0.15, -0.1) is 0 Å². The van der Waals surface area contributed by atoms with Crippen molar-refractivity contribution in [1.82, 2.24) is 14.7 Å². The first-order valence-corrected chi connectivity index (χ1v) is 11.3. The minimum atomic E-state index is -0.493. The monoisotopic (exact) mass is 433 g/mol. The molecule has 0 saturated carbocycles. The Morgan fingerprint density at radius 2 is 1.41 bits per heavy atom. The second kappa shape index (κ2) is 9.15. The van der Waals surface area contributed by atoms with Crippen molar-refractivity contribution in [2.45, 2.75) is 32.7 Å². The first-order chi connectivity index (χ1) is 15.4. The van der Waals surface area contributed by atoms with Gasteiger partial charge in [0.25, 0.3) is 5.91 Å². The van der Waals surface area contributed by atoms with Gasteiger partial charge in [-0.1, -0.05) is 55.5 Å². The van der Waals surface area contributed by atoms with E-state index in [2.05, 4.69) is 0 Å². The van der Waals surface area contributed by atoms with Crippen LogP contribution in [0.4, 0.5) is 0 Å². The Morgan fingerprint density at radius 3 is 2.00 bits per heavy atom. The van der Waals surface area contributed by atoms with E-state index in [1.165, 1.54) is 0 Å². The number of rotatable bonds is 3. The van der Waals surface area contributed by atoms with Gasteiger partial charge < -0.3 is 14.7 Å². The first kappa shape index (κ1) is 22.1. The summed E-state index contributed by atoms with van der Waals surface area (Å²) >= 11 is 0. The Kier molecular flexibility index (Phi) is 6.31. The van der Waals surface area contributed by atoms with Crippen LogP contribution in [0.5, 0.6) is 0 Å². The molecule has 0 aliphatic carbocycles. The highest BCUT2D eigenvalue weighted by Gasteiger charge is 2.43. The van der Waals surface area contributed by atoms with E-state index in [9.17, 15) is 14.4 Å². The molecule has 2 aromatic rings. The molecule has 6 nitrogen and oxygen atoms in total. The minimum Gasteiger partial charge on any atom is -0.339 e. The number of hydrogen-bond donors (Lipinski definition) is 0. The number of piperazine rings is 1. The molecule has 4 rings (SSSR count). The number of likely N-dealkylation sites (tertiary alicyclic amines) is 1. The van der Waals surface area contributed by atoms with Crippen LogP contribution in [-0.2, 0) is 9.59 Å². The van der Waals surface area contributed by atoms with Crippen LogP contribution >= 0.6 is 0 Å². The predicted molar refractivity (Wildman–Crippen MR) is 123 cm³/mol. The second-order valence-electron chi connectivity index (χ2n) is 9.11. The predicted octanol–water partition coefficient (Wildman–Crippen LogP) is 3.36.